The summed E-state index contributed by atoms with van der Waals surface area (Å²) in [4.78, 5) is 0. The largest absolute Gasteiger partial charge is 0.389 e. The fourth-order valence-corrected chi connectivity index (χ4v) is 1.92. The second kappa shape index (κ2) is 3.30. The third-order valence-electron chi connectivity index (χ3n) is 2.45. The molecule has 1 unspecified atom stereocenters. The molecule has 0 aliphatic carbocycles. The van der Waals surface area contributed by atoms with Crippen molar-refractivity contribution in [3.63, 3.8) is 0 Å². The summed E-state index contributed by atoms with van der Waals surface area (Å²) in [6.07, 6.45) is 1.44. The molecule has 1 aromatic carbocycles. The van der Waals surface area contributed by atoms with Crippen molar-refractivity contribution in [3.8, 4) is 0 Å². The number of aliphatic hydroxyl groups is 1. The van der Waals surface area contributed by atoms with E-state index < -0.39 is 6.10 Å². The molecule has 0 spiro atoms. The van der Waals surface area contributed by atoms with Crippen LogP contribution in [-0.2, 0) is 7.05 Å². The first-order chi connectivity index (χ1) is 6.59. The predicted octanol–water partition coefficient (Wildman–Crippen LogP) is 2.89. The van der Waals surface area contributed by atoms with E-state index in [0.717, 1.165) is 21.5 Å². The summed E-state index contributed by atoms with van der Waals surface area (Å²) in [6, 6.07) is 5.81. The number of aliphatic hydroxyl groups excluding tert-OH is 1. The molecule has 1 atom stereocenters. The molecule has 0 saturated heterocycles. The van der Waals surface area contributed by atoms with Gasteiger partial charge in [0.15, 0.2) is 0 Å². The first-order valence-corrected chi connectivity index (χ1v) is 4.90. The fourth-order valence-electron chi connectivity index (χ4n) is 1.61. The van der Waals surface area contributed by atoms with E-state index in [2.05, 4.69) is 0 Å². The highest BCUT2D eigenvalue weighted by molar-refractivity contribution is 6.35. The molecule has 2 nitrogen and oxygen atoms in total. The summed E-state index contributed by atoms with van der Waals surface area (Å²) in [7, 11) is 1.94. The number of rotatable bonds is 1. The zero-order valence-electron chi connectivity index (χ0n) is 8.16. The summed E-state index contributed by atoms with van der Waals surface area (Å²) in [5.41, 5.74) is 1.96. The van der Waals surface area contributed by atoms with Crippen molar-refractivity contribution in [2.45, 2.75) is 13.0 Å². The van der Waals surface area contributed by atoms with E-state index >= 15 is 0 Å². The molecular weight excluding hydrogens is 198 g/mol. The average Bonchev–Trinajstić information content (AvgIpc) is 2.42. The third kappa shape index (κ3) is 1.41. The molecule has 2 aromatic rings. The Balaban J connectivity index is 2.71. The van der Waals surface area contributed by atoms with Crippen LogP contribution in [0.3, 0.4) is 0 Å². The summed E-state index contributed by atoms with van der Waals surface area (Å²) in [5.74, 6) is 0. The maximum atomic E-state index is 9.44. The molecule has 1 aromatic heterocycles. The normalized spacial score (nSPS) is 13.4. The number of hydrogen-bond acceptors (Lipinski definition) is 1. The van der Waals surface area contributed by atoms with Crippen LogP contribution >= 0.6 is 11.6 Å². The highest BCUT2D eigenvalue weighted by atomic mass is 35.5. The maximum Gasteiger partial charge on any atom is 0.0762 e. The van der Waals surface area contributed by atoms with Crippen LogP contribution in [0.25, 0.3) is 10.9 Å². The molecule has 0 aliphatic rings. The molecular formula is C11H12ClNO. The van der Waals surface area contributed by atoms with Crippen molar-refractivity contribution in [2.75, 3.05) is 0 Å². The summed E-state index contributed by atoms with van der Waals surface area (Å²) < 4.78 is 1.96. The van der Waals surface area contributed by atoms with Gasteiger partial charge in [-0.2, -0.15) is 0 Å². The number of hydrogen-bond donors (Lipinski definition) is 1. The molecule has 1 N–H and O–H groups in total. The number of aromatic nitrogens is 1. The van der Waals surface area contributed by atoms with Gasteiger partial charge in [-0.15, -0.1) is 0 Å². The Morgan fingerprint density at radius 1 is 1.43 bits per heavy atom. The van der Waals surface area contributed by atoms with E-state index in [-0.39, 0.29) is 0 Å². The van der Waals surface area contributed by atoms with Crippen molar-refractivity contribution in [3.05, 3.63) is 35.0 Å². The molecule has 2 rings (SSSR count). The van der Waals surface area contributed by atoms with Gasteiger partial charge in [0.1, 0.15) is 0 Å². The van der Waals surface area contributed by atoms with Gasteiger partial charge in [0.05, 0.1) is 11.1 Å². The van der Waals surface area contributed by atoms with Gasteiger partial charge in [-0.3, -0.25) is 0 Å². The lowest BCUT2D eigenvalue weighted by Gasteiger charge is -2.05. The second-order valence-corrected chi connectivity index (χ2v) is 3.95. The Morgan fingerprint density at radius 3 is 2.79 bits per heavy atom. The fraction of sp³-hybridized carbons (Fsp3) is 0.273. The average molecular weight is 210 g/mol. The van der Waals surface area contributed by atoms with E-state index in [1.54, 1.807) is 6.92 Å². The lowest BCUT2D eigenvalue weighted by Crippen LogP contribution is -1.91. The van der Waals surface area contributed by atoms with Gasteiger partial charge in [0.25, 0.3) is 0 Å². The number of halogens is 1. The van der Waals surface area contributed by atoms with Gasteiger partial charge in [0.2, 0.25) is 0 Å². The zero-order valence-corrected chi connectivity index (χ0v) is 8.92. The highest BCUT2D eigenvalue weighted by Crippen LogP contribution is 2.27. The van der Waals surface area contributed by atoms with Crippen LogP contribution in [0.5, 0.6) is 0 Å². The zero-order chi connectivity index (χ0) is 10.3. The molecule has 0 aliphatic heterocycles. The highest BCUT2D eigenvalue weighted by Gasteiger charge is 2.07. The summed E-state index contributed by atoms with van der Waals surface area (Å²) >= 11 is 6.03. The minimum atomic E-state index is -0.437. The van der Waals surface area contributed by atoms with Gasteiger partial charge in [-0.1, -0.05) is 23.7 Å². The molecule has 1 heterocycles. The first kappa shape index (κ1) is 9.56. The van der Waals surface area contributed by atoms with Gasteiger partial charge in [0, 0.05) is 24.1 Å². The lowest BCUT2D eigenvalue weighted by atomic mass is 10.1. The Kier molecular flexibility index (Phi) is 2.25. The summed E-state index contributed by atoms with van der Waals surface area (Å²) in [5, 5.41) is 11.2. The Morgan fingerprint density at radius 2 is 2.14 bits per heavy atom. The second-order valence-electron chi connectivity index (χ2n) is 3.54. The Hall–Kier alpha value is -0.990. The Labute approximate surface area is 87.7 Å². The van der Waals surface area contributed by atoms with E-state index in [1.165, 1.54) is 0 Å². The van der Waals surface area contributed by atoms with Gasteiger partial charge in [-0.05, 0) is 18.6 Å². The molecule has 0 bridgehead atoms. The first-order valence-electron chi connectivity index (χ1n) is 4.52. The van der Waals surface area contributed by atoms with Crippen molar-refractivity contribution < 1.29 is 5.11 Å². The molecule has 0 saturated carbocycles. The Bertz CT molecular complexity index is 473. The molecule has 0 radical (unpaired) electrons. The monoisotopic (exact) mass is 209 g/mol. The van der Waals surface area contributed by atoms with E-state index in [0.29, 0.717) is 0 Å². The van der Waals surface area contributed by atoms with Crippen LogP contribution in [-0.4, -0.2) is 9.67 Å². The van der Waals surface area contributed by atoms with Crippen LogP contribution in [0.4, 0.5) is 0 Å². The van der Waals surface area contributed by atoms with Gasteiger partial charge >= 0.3 is 0 Å². The van der Waals surface area contributed by atoms with Crippen molar-refractivity contribution in [1.82, 2.24) is 4.57 Å². The van der Waals surface area contributed by atoms with Crippen molar-refractivity contribution >= 4 is 22.5 Å². The van der Waals surface area contributed by atoms with Gasteiger partial charge in [-0.25, -0.2) is 0 Å². The van der Waals surface area contributed by atoms with Crippen LogP contribution in [0.1, 0.15) is 18.6 Å². The number of aryl methyl sites for hydroxylation is 1. The van der Waals surface area contributed by atoms with Crippen LogP contribution in [0, 0.1) is 0 Å². The molecule has 0 fully saturated rings. The predicted molar refractivity (Wildman–Crippen MR) is 58.6 cm³/mol. The van der Waals surface area contributed by atoms with Gasteiger partial charge < -0.3 is 9.67 Å². The van der Waals surface area contributed by atoms with E-state index in [1.807, 2.05) is 36.0 Å². The molecule has 3 heteroatoms. The molecule has 14 heavy (non-hydrogen) atoms. The third-order valence-corrected chi connectivity index (χ3v) is 2.75. The minimum Gasteiger partial charge on any atom is -0.389 e. The van der Waals surface area contributed by atoms with E-state index in [4.69, 9.17) is 11.6 Å². The number of nitrogens with zero attached hydrogens (tertiary/aromatic N) is 1. The maximum absolute atomic E-state index is 9.44. The standard InChI is InChI=1S/C11H12ClNO/c1-7(14)8-3-4-9-10(12)6-13(2)11(9)5-8/h3-7,14H,1-2H3. The molecule has 0 amide bonds. The van der Waals surface area contributed by atoms with Crippen LogP contribution in [0.15, 0.2) is 24.4 Å². The minimum absolute atomic E-state index is 0.437. The molecule has 74 valence electrons. The summed E-state index contributed by atoms with van der Waals surface area (Å²) in [6.45, 7) is 1.76. The lowest BCUT2D eigenvalue weighted by molar-refractivity contribution is 0.199. The quantitative estimate of drug-likeness (QED) is 0.768. The van der Waals surface area contributed by atoms with E-state index in [9.17, 15) is 5.11 Å². The van der Waals surface area contributed by atoms with Crippen LogP contribution in [0.2, 0.25) is 5.02 Å². The van der Waals surface area contributed by atoms with Crippen LogP contribution < -0.4 is 0 Å². The van der Waals surface area contributed by atoms with Crippen molar-refractivity contribution in [2.24, 2.45) is 7.05 Å². The topological polar surface area (TPSA) is 25.2 Å². The number of benzene rings is 1. The smallest absolute Gasteiger partial charge is 0.0762 e. The number of fused-ring (bicyclic) bond motifs is 1. The van der Waals surface area contributed by atoms with Crippen molar-refractivity contribution in [1.29, 1.82) is 0 Å². The SMILES string of the molecule is CC(O)c1ccc2c(Cl)cn(C)c2c1.